The summed E-state index contributed by atoms with van der Waals surface area (Å²) in [5.74, 6) is 0.0143. The minimum absolute atomic E-state index is 0. The molecule has 0 radical (unpaired) electrons. The second-order valence-corrected chi connectivity index (χ2v) is 5.15. The van der Waals surface area contributed by atoms with Gasteiger partial charge in [-0.2, -0.15) is 0 Å². The lowest BCUT2D eigenvalue weighted by Gasteiger charge is -2.21. The predicted octanol–water partition coefficient (Wildman–Crippen LogP) is 3.03. The van der Waals surface area contributed by atoms with Crippen molar-refractivity contribution in [2.24, 2.45) is 5.73 Å². The number of nitrogens with two attached hydrogens (primary N) is 1. The Morgan fingerprint density at radius 1 is 1.40 bits per heavy atom. The van der Waals surface area contributed by atoms with Crippen LogP contribution in [0.1, 0.15) is 44.2 Å². The summed E-state index contributed by atoms with van der Waals surface area (Å²) in [7, 11) is 0. The molecule has 1 amide bonds. The van der Waals surface area contributed by atoms with Crippen LogP contribution in [-0.2, 0) is 9.53 Å². The van der Waals surface area contributed by atoms with Crippen molar-refractivity contribution in [2.45, 2.75) is 44.8 Å². The summed E-state index contributed by atoms with van der Waals surface area (Å²) in [6.07, 6.45) is 3.77. The lowest BCUT2D eigenvalue weighted by atomic mass is 10.1. The molecule has 1 heterocycles. The normalized spacial score (nSPS) is 19.8. The highest BCUT2D eigenvalue weighted by molar-refractivity contribution is 5.91. The van der Waals surface area contributed by atoms with E-state index in [9.17, 15) is 4.79 Å². The molecule has 1 fully saturated rings. The minimum Gasteiger partial charge on any atom is -0.378 e. The SMILES string of the molecule is CC(N)c1ccc(NC(=O)CC2CCCCO2)cc1.Cl. The van der Waals surface area contributed by atoms with Gasteiger partial charge in [-0.1, -0.05) is 12.1 Å². The van der Waals surface area contributed by atoms with Crippen molar-refractivity contribution in [3.63, 3.8) is 0 Å². The van der Waals surface area contributed by atoms with Crippen LogP contribution in [-0.4, -0.2) is 18.6 Å². The number of carbonyl (C=O) groups excluding carboxylic acids is 1. The van der Waals surface area contributed by atoms with Crippen molar-refractivity contribution in [1.82, 2.24) is 0 Å². The molecule has 20 heavy (non-hydrogen) atoms. The Labute approximate surface area is 126 Å². The number of anilines is 1. The van der Waals surface area contributed by atoms with Crippen LogP contribution < -0.4 is 11.1 Å². The fourth-order valence-corrected chi connectivity index (χ4v) is 2.26. The molecule has 2 atom stereocenters. The van der Waals surface area contributed by atoms with Crippen LogP contribution in [0.3, 0.4) is 0 Å². The van der Waals surface area contributed by atoms with Crippen molar-refractivity contribution in [3.8, 4) is 0 Å². The molecule has 1 saturated heterocycles. The van der Waals surface area contributed by atoms with Gasteiger partial charge in [0.25, 0.3) is 0 Å². The fraction of sp³-hybridized carbons (Fsp3) is 0.533. The first-order chi connectivity index (χ1) is 9.15. The highest BCUT2D eigenvalue weighted by atomic mass is 35.5. The number of amides is 1. The molecule has 1 aromatic carbocycles. The number of carbonyl (C=O) groups is 1. The monoisotopic (exact) mass is 298 g/mol. The van der Waals surface area contributed by atoms with Crippen LogP contribution >= 0.6 is 12.4 Å². The van der Waals surface area contributed by atoms with E-state index < -0.39 is 0 Å². The van der Waals surface area contributed by atoms with Crippen molar-refractivity contribution in [1.29, 1.82) is 0 Å². The average molecular weight is 299 g/mol. The Morgan fingerprint density at radius 2 is 2.10 bits per heavy atom. The highest BCUT2D eigenvalue weighted by Crippen LogP contribution is 2.18. The summed E-state index contributed by atoms with van der Waals surface area (Å²) in [4.78, 5) is 11.9. The quantitative estimate of drug-likeness (QED) is 0.898. The van der Waals surface area contributed by atoms with Gasteiger partial charge in [0.15, 0.2) is 0 Å². The number of nitrogens with one attached hydrogen (secondary N) is 1. The number of hydrogen-bond donors (Lipinski definition) is 2. The first kappa shape index (κ1) is 17.0. The second-order valence-electron chi connectivity index (χ2n) is 5.15. The molecular weight excluding hydrogens is 276 g/mol. The molecule has 1 aliphatic rings. The molecule has 2 rings (SSSR count). The van der Waals surface area contributed by atoms with E-state index in [0.29, 0.717) is 6.42 Å². The molecule has 0 saturated carbocycles. The van der Waals surface area contributed by atoms with E-state index >= 15 is 0 Å². The Kier molecular flexibility index (Phi) is 6.99. The van der Waals surface area contributed by atoms with Crippen molar-refractivity contribution in [3.05, 3.63) is 29.8 Å². The molecule has 112 valence electrons. The number of rotatable bonds is 4. The molecule has 3 N–H and O–H groups in total. The van der Waals surface area contributed by atoms with Gasteiger partial charge < -0.3 is 15.8 Å². The van der Waals surface area contributed by atoms with E-state index in [1.165, 1.54) is 0 Å². The third kappa shape index (κ3) is 5.12. The summed E-state index contributed by atoms with van der Waals surface area (Å²) in [6.45, 7) is 2.72. The zero-order valence-electron chi connectivity index (χ0n) is 11.8. The van der Waals surface area contributed by atoms with Crippen LogP contribution in [0.25, 0.3) is 0 Å². The van der Waals surface area contributed by atoms with E-state index in [-0.39, 0.29) is 30.5 Å². The molecule has 0 bridgehead atoms. The van der Waals surface area contributed by atoms with Gasteiger partial charge in [0, 0.05) is 18.3 Å². The van der Waals surface area contributed by atoms with Crippen LogP contribution in [0.2, 0.25) is 0 Å². The average Bonchev–Trinajstić information content (AvgIpc) is 2.40. The lowest BCUT2D eigenvalue weighted by Crippen LogP contribution is -2.25. The van der Waals surface area contributed by atoms with Gasteiger partial charge >= 0.3 is 0 Å². The maximum absolute atomic E-state index is 11.9. The van der Waals surface area contributed by atoms with Gasteiger partial charge in [0.1, 0.15) is 0 Å². The zero-order chi connectivity index (χ0) is 13.7. The smallest absolute Gasteiger partial charge is 0.226 e. The molecule has 4 nitrogen and oxygen atoms in total. The Bertz CT molecular complexity index is 414. The maximum atomic E-state index is 11.9. The highest BCUT2D eigenvalue weighted by Gasteiger charge is 2.17. The molecule has 0 aromatic heterocycles. The van der Waals surface area contributed by atoms with E-state index in [1.807, 2.05) is 31.2 Å². The van der Waals surface area contributed by atoms with E-state index in [1.54, 1.807) is 0 Å². The molecule has 5 heteroatoms. The predicted molar refractivity (Wildman–Crippen MR) is 83.1 cm³/mol. The van der Waals surface area contributed by atoms with Gasteiger partial charge in [-0.25, -0.2) is 0 Å². The summed E-state index contributed by atoms with van der Waals surface area (Å²) >= 11 is 0. The Balaban J connectivity index is 0.00000200. The molecular formula is C15H23ClN2O2. The van der Waals surface area contributed by atoms with Crippen molar-refractivity contribution in [2.75, 3.05) is 11.9 Å². The van der Waals surface area contributed by atoms with Crippen molar-refractivity contribution < 1.29 is 9.53 Å². The molecule has 2 unspecified atom stereocenters. The zero-order valence-corrected chi connectivity index (χ0v) is 12.6. The first-order valence-corrected chi connectivity index (χ1v) is 6.92. The molecule has 0 spiro atoms. The standard InChI is InChI=1S/C15H22N2O2.ClH/c1-11(16)12-5-7-13(8-6-12)17-15(18)10-14-4-2-3-9-19-14;/h5-8,11,14H,2-4,9-10,16H2,1H3,(H,17,18);1H. The van der Waals surface area contributed by atoms with Gasteiger partial charge in [-0.3, -0.25) is 4.79 Å². The summed E-state index contributed by atoms with van der Waals surface area (Å²) in [5.41, 5.74) is 7.66. The number of ether oxygens (including phenoxy) is 1. The minimum atomic E-state index is 0. The summed E-state index contributed by atoms with van der Waals surface area (Å²) < 4.78 is 5.56. The number of halogens is 1. The lowest BCUT2D eigenvalue weighted by molar-refractivity contribution is -0.119. The van der Waals surface area contributed by atoms with Crippen LogP contribution in [0, 0.1) is 0 Å². The van der Waals surface area contributed by atoms with Crippen LogP contribution in [0.4, 0.5) is 5.69 Å². The third-order valence-electron chi connectivity index (χ3n) is 3.41. The first-order valence-electron chi connectivity index (χ1n) is 6.92. The summed E-state index contributed by atoms with van der Waals surface area (Å²) in [6, 6.07) is 7.67. The fourth-order valence-electron chi connectivity index (χ4n) is 2.26. The third-order valence-corrected chi connectivity index (χ3v) is 3.41. The van der Waals surface area contributed by atoms with E-state index in [2.05, 4.69) is 5.32 Å². The number of hydrogen-bond acceptors (Lipinski definition) is 3. The van der Waals surface area contributed by atoms with Gasteiger partial charge in [-0.05, 0) is 43.9 Å². The topological polar surface area (TPSA) is 64.3 Å². The summed E-state index contributed by atoms with van der Waals surface area (Å²) in [5, 5.41) is 2.90. The molecule has 0 aliphatic carbocycles. The van der Waals surface area contributed by atoms with Crippen LogP contribution in [0.5, 0.6) is 0 Å². The van der Waals surface area contributed by atoms with Gasteiger partial charge in [0.2, 0.25) is 5.91 Å². The molecule has 1 aromatic rings. The largest absolute Gasteiger partial charge is 0.378 e. The van der Waals surface area contributed by atoms with Crippen molar-refractivity contribution >= 4 is 24.0 Å². The van der Waals surface area contributed by atoms with Crippen LogP contribution in [0.15, 0.2) is 24.3 Å². The Hall–Kier alpha value is -1.10. The Morgan fingerprint density at radius 3 is 2.65 bits per heavy atom. The second kappa shape index (κ2) is 8.25. The van der Waals surface area contributed by atoms with E-state index in [4.69, 9.17) is 10.5 Å². The molecule has 1 aliphatic heterocycles. The van der Waals surface area contributed by atoms with Gasteiger partial charge in [0.05, 0.1) is 12.5 Å². The number of benzene rings is 1. The van der Waals surface area contributed by atoms with Gasteiger partial charge in [-0.15, -0.1) is 12.4 Å². The van der Waals surface area contributed by atoms with E-state index in [0.717, 1.165) is 37.1 Å². The maximum Gasteiger partial charge on any atom is 0.226 e.